The number of rotatable bonds is 7. The van der Waals surface area contributed by atoms with Gasteiger partial charge in [-0.2, -0.15) is 0 Å². The molecule has 1 N–H and O–H groups in total. The van der Waals surface area contributed by atoms with E-state index in [4.69, 9.17) is 4.74 Å². The second-order valence-corrected chi connectivity index (χ2v) is 8.20. The topological polar surface area (TPSA) is 65.9 Å². The van der Waals surface area contributed by atoms with Gasteiger partial charge in [0.1, 0.15) is 11.3 Å². The van der Waals surface area contributed by atoms with Gasteiger partial charge in [0.15, 0.2) is 6.61 Å². The minimum absolute atomic E-state index is 0.0583. The number of carbonyl (C=O) groups excluding carboxylic acids is 1. The highest BCUT2D eigenvalue weighted by Crippen LogP contribution is 2.27. The Bertz CT molecular complexity index is 1040. The molecule has 6 nitrogen and oxygen atoms in total. The van der Waals surface area contributed by atoms with Crippen molar-refractivity contribution in [2.45, 2.75) is 25.5 Å². The number of hydrogen-bond acceptors (Lipinski definition) is 5. The third-order valence-electron chi connectivity index (χ3n) is 6.03. The second kappa shape index (κ2) is 9.45. The molecule has 1 fully saturated rings. The molecular weight excluding hydrogens is 390 g/mol. The van der Waals surface area contributed by atoms with E-state index in [-0.39, 0.29) is 24.7 Å². The number of aromatic nitrogens is 1. The number of fused-ring (bicyclic) bond motifs is 1. The average Bonchev–Trinajstić information content (AvgIpc) is 3.22. The molecule has 0 saturated carbocycles. The van der Waals surface area contributed by atoms with Crippen molar-refractivity contribution in [3.05, 3.63) is 71.9 Å². The minimum Gasteiger partial charge on any atom is -0.481 e. The molecule has 3 aromatic rings. The Morgan fingerprint density at radius 2 is 2.03 bits per heavy atom. The summed E-state index contributed by atoms with van der Waals surface area (Å²) in [4.78, 5) is 21.5. The molecule has 162 valence electrons. The molecule has 0 aliphatic carbocycles. The quantitative estimate of drug-likeness (QED) is 0.637. The van der Waals surface area contributed by atoms with Crippen molar-refractivity contribution in [1.82, 2.24) is 14.8 Å². The minimum atomic E-state index is -0.289. The number of β-amino-alcohol motifs (C(OH)–C–C–N with tert-alkyl or cyclic N) is 1. The zero-order chi connectivity index (χ0) is 21.8. The molecular formula is C25H29N3O3. The predicted octanol–water partition coefficient (Wildman–Crippen LogP) is 3.19. The summed E-state index contributed by atoms with van der Waals surface area (Å²) in [5.41, 5.74) is 2.96. The second-order valence-electron chi connectivity index (χ2n) is 8.20. The van der Waals surface area contributed by atoms with Crippen molar-refractivity contribution in [3.8, 4) is 5.75 Å². The van der Waals surface area contributed by atoms with Gasteiger partial charge in [0, 0.05) is 38.3 Å². The lowest BCUT2D eigenvalue weighted by atomic mass is 10.0. The summed E-state index contributed by atoms with van der Waals surface area (Å²) in [5.74, 6) is 0.514. The number of likely N-dealkylation sites (N-methyl/N-ethyl adjacent to an activating group) is 1. The molecule has 0 bridgehead atoms. The molecule has 0 radical (unpaired) electrons. The van der Waals surface area contributed by atoms with Gasteiger partial charge in [-0.05, 0) is 36.6 Å². The standard InChI is InChI=1S/C25H29N3O3/c1-18-10-11-23(25-21(18)9-6-13-26-25)31-17-24(30)27(2)22(19-7-4-3-5-8-19)16-28-14-12-20(29)15-28/h3-11,13,20,22,29H,12,14-17H2,1-2H3/t20-,22?/m0/s1. The van der Waals surface area contributed by atoms with E-state index >= 15 is 0 Å². The summed E-state index contributed by atoms with van der Waals surface area (Å²) in [6.45, 7) is 4.13. The Morgan fingerprint density at radius 1 is 1.23 bits per heavy atom. The molecule has 1 saturated heterocycles. The number of pyridine rings is 1. The molecule has 1 aromatic heterocycles. The molecule has 2 aromatic carbocycles. The number of aliphatic hydroxyl groups is 1. The van der Waals surface area contributed by atoms with Gasteiger partial charge in [-0.3, -0.25) is 14.7 Å². The fourth-order valence-corrected chi connectivity index (χ4v) is 4.17. The lowest BCUT2D eigenvalue weighted by Crippen LogP contribution is -2.40. The van der Waals surface area contributed by atoms with Crippen LogP contribution in [0, 0.1) is 6.92 Å². The van der Waals surface area contributed by atoms with Crippen LogP contribution in [0.1, 0.15) is 23.6 Å². The maximum atomic E-state index is 13.1. The average molecular weight is 420 g/mol. The van der Waals surface area contributed by atoms with Crippen molar-refractivity contribution >= 4 is 16.8 Å². The molecule has 1 aliphatic rings. The summed E-state index contributed by atoms with van der Waals surface area (Å²) < 4.78 is 5.92. The van der Waals surface area contributed by atoms with E-state index < -0.39 is 0 Å². The smallest absolute Gasteiger partial charge is 0.260 e. The van der Waals surface area contributed by atoms with Crippen LogP contribution >= 0.6 is 0 Å². The van der Waals surface area contributed by atoms with Crippen LogP contribution in [0.2, 0.25) is 0 Å². The predicted molar refractivity (Wildman–Crippen MR) is 121 cm³/mol. The molecule has 4 rings (SSSR count). The van der Waals surface area contributed by atoms with Gasteiger partial charge in [-0.1, -0.05) is 42.5 Å². The van der Waals surface area contributed by atoms with Crippen molar-refractivity contribution in [3.63, 3.8) is 0 Å². The maximum absolute atomic E-state index is 13.1. The first-order valence-electron chi connectivity index (χ1n) is 10.7. The lowest BCUT2D eigenvalue weighted by molar-refractivity contribution is -0.134. The maximum Gasteiger partial charge on any atom is 0.260 e. The van der Waals surface area contributed by atoms with Crippen LogP contribution in [-0.4, -0.2) is 65.2 Å². The molecule has 1 aliphatic heterocycles. The lowest BCUT2D eigenvalue weighted by Gasteiger charge is -2.32. The van der Waals surface area contributed by atoms with Gasteiger partial charge in [0.05, 0.1) is 12.1 Å². The number of benzene rings is 2. The van der Waals surface area contributed by atoms with E-state index in [2.05, 4.69) is 9.88 Å². The Labute approximate surface area is 183 Å². The van der Waals surface area contributed by atoms with Gasteiger partial charge in [-0.25, -0.2) is 0 Å². The van der Waals surface area contributed by atoms with Crippen molar-refractivity contribution in [2.75, 3.05) is 33.3 Å². The zero-order valence-electron chi connectivity index (χ0n) is 18.1. The highest BCUT2D eigenvalue weighted by molar-refractivity contribution is 5.87. The molecule has 1 amide bonds. The largest absolute Gasteiger partial charge is 0.481 e. The first-order chi connectivity index (χ1) is 15.0. The Hall–Kier alpha value is -2.96. The number of hydrogen-bond donors (Lipinski definition) is 1. The third kappa shape index (κ3) is 4.86. The van der Waals surface area contributed by atoms with Crippen molar-refractivity contribution in [2.24, 2.45) is 0 Å². The summed E-state index contributed by atoms with van der Waals surface area (Å²) in [6.07, 6.45) is 2.22. The highest BCUT2D eigenvalue weighted by Gasteiger charge is 2.28. The van der Waals surface area contributed by atoms with Gasteiger partial charge < -0.3 is 14.7 Å². The summed E-state index contributed by atoms with van der Waals surface area (Å²) in [7, 11) is 1.82. The summed E-state index contributed by atoms with van der Waals surface area (Å²) in [5, 5.41) is 10.9. The molecule has 0 spiro atoms. The Morgan fingerprint density at radius 3 is 2.77 bits per heavy atom. The number of likely N-dealkylation sites (tertiary alicyclic amines) is 1. The monoisotopic (exact) mass is 419 g/mol. The van der Waals surface area contributed by atoms with Crippen LogP contribution < -0.4 is 4.74 Å². The van der Waals surface area contributed by atoms with Gasteiger partial charge in [-0.15, -0.1) is 0 Å². The van der Waals surface area contributed by atoms with E-state index in [1.165, 1.54) is 0 Å². The van der Waals surface area contributed by atoms with E-state index in [0.29, 0.717) is 18.8 Å². The number of aliphatic hydroxyl groups excluding tert-OH is 1. The van der Waals surface area contributed by atoms with Gasteiger partial charge >= 0.3 is 0 Å². The third-order valence-corrected chi connectivity index (χ3v) is 6.03. The Balaban J connectivity index is 1.49. The summed E-state index contributed by atoms with van der Waals surface area (Å²) >= 11 is 0. The van der Waals surface area contributed by atoms with Crippen molar-refractivity contribution < 1.29 is 14.6 Å². The molecule has 31 heavy (non-hydrogen) atoms. The fourth-order valence-electron chi connectivity index (χ4n) is 4.17. The van der Waals surface area contributed by atoms with Gasteiger partial charge in [0.25, 0.3) is 5.91 Å². The first kappa shape index (κ1) is 21.3. The SMILES string of the molecule is Cc1ccc(OCC(=O)N(C)C(CN2CC[C@H](O)C2)c2ccccc2)c2ncccc12. The molecule has 2 heterocycles. The van der Waals surface area contributed by atoms with Crippen LogP contribution in [0.15, 0.2) is 60.8 Å². The van der Waals surface area contributed by atoms with Crippen LogP contribution in [-0.2, 0) is 4.79 Å². The van der Waals surface area contributed by atoms with Crippen LogP contribution in [0.3, 0.4) is 0 Å². The van der Waals surface area contributed by atoms with E-state index in [0.717, 1.165) is 35.0 Å². The molecule has 6 heteroatoms. The van der Waals surface area contributed by atoms with Crippen LogP contribution in [0.4, 0.5) is 0 Å². The van der Waals surface area contributed by atoms with Crippen molar-refractivity contribution in [1.29, 1.82) is 0 Å². The zero-order valence-corrected chi connectivity index (χ0v) is 18.1. The van der Waals surface area contributed by atoms with Gasteiger partial charge in [0.2, 0.25) is 0 Å². The highest BCUT2D eigenvalue weighted by atomic mass is 16.5. The van der Waals surface area contributed by atoms with Crippen LogP contribution in [0.25, 0.3) is 10.9 Å². The first-order valence-corrected chi connectivity index (χ1v) is 10.7. The van der Waals surface area contributed by atoms with Crippen LogP contribution in [0.5, 0.6) is 5.75 Å². The van der Waals surface area contributed by atoms with E-state index in [9.17, 15) is 9.90 Å². The number of carbonyl (C=O) groups is 1. The number of nitrogens with zero attached hydrogens (tertiary/aromatic N) is 3. The number of amides is 1. The number of ether oxygens (including phenoxy) is 1. The van der Waals surface area contributed by atoms with E-state index in [1.54, 1.807) is 11.1 Å². The Kier molecular flexibility index (Phi) is 6.49. The summed E-state index contributed by atoms with van der Waals surface area (Å²) in [6, 6.07) is 17.7. The van der Waals surface area contributed by atoms with E-state index in [1.807, 2.05) is 68.6 Å². The normalized spacial score (nSPS) is 17.6. The molecule has 2 atom stereocenters. The fraction of sp³-hybridized carbons (Fsp3) is 0.360. The number of aryl methyl sites for hydroxylation is 1. The molecule has 1 unspecified atom stereocenters.